The van der Waals surface area contributed by atoms with Crippen LogP contribution in [0.1, 0.15) is 26.2 Å². The monoisotopic (exact) mass is 412 g/mol. The minimum Gasteiger partial charge on any atom is -0.504 e. The quantitative estimate of drug-likeness (QED) is 0.658. The molecule has 9 heteroatoms. The molecule has 27 heavy (non-hydrogen) atoms. The number of hydrogen-bond donors (Lipinski definition) is 3. The van der Waals surface area contributed by atoms with Gasteiger partial charge in [0.1, 0.15) is 4.90 Å². The molecule has 1 fully saturated rings. The number of nitrogens with one attached hydrogen (secondary N) is 2. The van der Waals surface area contributed by atoms with Crippen LogP contribution in [0.4, 0.5) is 10.5 Å². The molecule has 0 saturated carbocycles. The fourth-order valence-electron chi connectivity index (χ4n) is 3.11. The second-order valence-electron chi connectivity index (χ2n) is 6.50. The molecule has 0 aromatic heterocycles. The molecular formula is C18H21ClN2O5S. The number of benzene rings is 1. The van der Waals surface area contributed by atoms with E-state index in [-0.39, 0.29) is 22.2 Å². The van der Waals surface area contributed by atoms with E-state index >= 15 is 0 Å². The molecule has 3 rings (SSSR count). The summed E-state index contributed by atoms with van der Waals surface area (Å²) in [6, 6.07) is 2.10. The van der Waals surface area contributed by atoms with Crippen molar-refractivity contribution in [3.8, 4) is 5.75 Å². The van der Waals surface area contributed by atoms with Gasteiger partial charge in [0, 0.05) is 12.8 Å². The van der Waals surface area contributed by atoms with E-state index in [2.05, 4.69) is 16.7 Å². The summed E-state index contributed by atoms with van der Waals surface area (Å²) in [5.41, 5.74) is 2.10. The van der Waals surface area contributed by atoms with Crippen molar-refractivity contribution >= 4 is 33.2 Å². The lowest BCUT2D eigenvalue weighted by molar-refractivity contribution is 0.198. The first-order valence-corrected chi connectivity index (χ1v) is 10.5. The molecule has 1 aromatic carbocycles. The number of urea groups is 1. The van der Waals surface area contributed by atoms with E-state index in [9.17, 15) is 18.3 Å². The van der Waals surface area contributed by atoms with E-state index in [1.165, 1.54) is 12.1 Å². The number of rotatable bonds is 4. The highest BCUT2D eigenvalue weighted by Crippen LogP contribution is 2.39. The van der Waals surface area contributed by atoms with E-state index in [1.54, 1.807) is 6.20 Å². The molecule has 1 heterocycles. The first kappa shape index (κ1) is 19.7. The van der Waals surface area contributed by atoms with E-state index in [0.29, 0.717) is 13.0 Å². The number of anilines is 1. The number of carbonyl (C=O) groups is 1. The zero-order valence-electron chi connectivity index (χ0n) is 14.8. The van der Waals surface area contributed by atoms with Gasteiger partial charge in [-0.2, -0.15) is 0 Å². The van der Waals surface area contributed by atoms with Crippen molar-refractivity contribution in [3.05, 3.63) is 40.6 Å². The molecule has 1 aliphatic carbocycles. The predicted octanol–water partition coefficient (Wildman–Crippen LogP) is 3.35. The second-order valence-corrected chi connectivity index (χ2v) is 9.07. The van der Waals surface area contributed by atoms with Gasteiger partial charge in [0.25, 0.3) is 0 Å². The number of hydrogen-bond acceptors (Lipinski definition) is 5. The summed E-state index contributed by atoms with van der Waals surface area (Å²) in [6.07, 6.45) is 5.81. The normalized spacial score (nSPS) is 21.3. The van der Waals surface area contributed by atoms with Gasteiger partial charge in [0.2, 0.25) is 0 Å². The van der Waals surface area contributed by atoms with Crippen molar-refractivity contribution in [3.63, 3.8) is 0 Å². The Morgan fingerprint density at radius 2 is 2.19 bits per heavy atom. The molecule has 2 aliphatic rings. The van der Waals surface area contributed by atoms with Crippen LogP contribution >= 0.6 is 11.6 Å². The standard InChI is InChI=1S/C18H21ClN2O5S/c1-11-3-2-4-12(11)9-20-18(23)21-15-6-5-14(19)17(16(15)22)27(24,25)13-7-8-26-10-13/h3,5-6,9,13,22H,2,4,7-8,10H2,1H3,(H2,20,21,23)/b12-9-. The summed E-state index contributed by atoms with van der Waals surface area (Å²) in [6.45, 7) is 2.36. The van der Waals surface area contributed by atoms with Crippen molar-refractivity contribution < 1.29 is 23.1 Å². The second kappa shape index (κ2) is 7.92. The van der Waals surface area contributed by atoms with Crippen LogP contribution in [0.25, 0.3) is 0 Å². The SMILES string of the molecule is CC1=CCC/C1=C/NC(=O)Nc1ccc(Cl)c(S(=O)(=O)C2CCOC2)c1O. The highest BCUT2D eigenvalue weighted by molar-refractivity contribution is 7.92. The summed E-state index contributed by atoms with van der Waals surface area (Å²) in [5.74, 6) is -0.575. The average molecular weight is 413 g/mol. The summed E-state index contributed by atoms with van der Waals surface area (Å²) < 4.78 is 30.7. The molecule has 3 N–H and O–H groups in total. The maximum absolute atomic E-state index is 12.8. The van der Waals surface area contributed by atoms with E-state index in [0.717, 1.165) is 24.0 Å². The number of aromatic hydroxyl groups is 1. The average Bonchev–Trinajstić information content (AvgIpc) is 3.27. The Kier molecular flexibility index (Phi) is 5.78. The van der Waals surface area contributed by atoms with E-state index < -0.39 is 26.9 Å². The number of carbonyl (C=O) groups excluding carboxylic acids is 1. The number of amides is 2. The largest absolute Gasteiger partial charge is 0.504 e. The van der Waals surface area contributed by atoms with Gasteiger partial charge in [0.05, 0.1) is 22.6 Å². The topological polar surface area (TPSA) is 105 Å². The predicted molar refractivity (Wildman–Crippen MR) is 103 cm³/mol. The van der Waals surface area contributed by atoms with Gasteiger partial charge >= 0.3 is 6.03 Å². The molecule has 7 nitrogen and oxygen atoms in total. The van der Waals surface area contributed by atoms with Crippen LogP contribution < -0.4 is 10.6 Å². The molecule has 1 aromatic rings. The van der Waals surface area contributed by atoms with Crippen molar-refractivity contribution in [2.75, 3.05) is 18.5 Å². The van der Waals surface area contributed by atoms with Gasteiger partial charge in [-0.15, -0.1) is 0 Å². The third-order valence-electron chi connectivity index (χ3n) is 4.69. The van der Waals surface area contributed by atoms with Crippen LogP contribution in [0.2, 0.25) is 5.02 Å². The Morgan fingerprint density at radius 1 is 1.41 bits per heavy atom. The smallest absolute Gasteiger partial charge is 0.323 e. The van der Waals surface area contributed by atoms with Crippen molar-refractivity contribution in [2.24, 2.45) is 0 Å². The summed E-state index contributed by atoms with van der Waals surface area (Å²) in [4.78, 5) is 11.7. The molecule has 1 unspecified atom stereocenters. The number of allylic oxidation sites excluding steroid dienone is 3. The Balaban J connectivity index is 1.81. The lowest BCUT2D eigenvalue weighted by Gasteiger charge is -2.16. The Morgan fingerprint density at radius 3 is 2.81 bits per heavy atom. The molecule has 146 valence electrons. The van der Waals surface area contributed by atoms with Gasteiger partial charge in [-0.1, -0.05) is 23.3 Å². The van der Waals surface area contributed by atoms with Gasteiger partial charge in [-0.05, 0) is 43.9 Å². The van der Waals surface area contributed by atoms with Crippen LogP contribution in [0.15, 0.2) is 40.5 Å². The maximum Gasteiger partial charge on any atom is 0.323 e. The maximum atomic E-state index is 12.8. The van der Waals surface area contributed by atoms with Crippen molar-refractivity contribution in [2.45, 2.75) is 36.3 Å². The first-order valence-electron chi connectivity index (χ1n) is 8.57. The number of phenolic OH excluding ortho intramolecular Hbond substituents is 1. The molecule has 2 amide bonds. The molecule has 0 radical (unpaired) electrons. The van der Waals surface area contributed by atoms with Crippen molar-refractivity contribution in [1.29, 1.82) is 0 Å². The van der Waals surface area contributed by atoms with Crippen LogP contribution in [-0.2, 0) is 14.6 Å². The number of sulfone groups is 1. The molecule has 0 spiro atoms. The third kappa shape index (κ3) is 4.12. The van der Waals surface area contributed by atoms with E-state index in [1.807, 2.05) is 6.92 Å². The van der Waals surface area contributed by atoms with Gasteiger partial charge in [-0.3, -0.25) is 0 Å². The molecular weight excluding hydrogens is 392 g/mol. The Bertz CT molecular complexity index is 918. The van der Waals surface area contributed by atoms with Crippen molar-refractivity contribution in [1.82, 2.24) is 5.32 Å². The van der Waals surface area contributed by atoms with Gasteiger partial charge in [-0.25, -0.2) is 13.2 Å². The third-order valence-corrected chi connectivity index (χ3v) is 7.35. The molecule has 1 atom stereocenters. The van der Waals surface area contributed by atoms with E-state index in [4.69, 9.17) is 16.3 Å². The minimum atomic E-state index is -3.89. The number of phenols is 1. The summed E-state index contributed by atoms with van der Waals surface area (Å²) in [5, 5.41) is 14.6. The van der Waals surface area contributed by atoms with Crippen LogP contribution in [0, 0.1) is 0 Å². The van der Waals surface area contributed by atoms with Gasteiger partial charge < -0.3 is 20.5 Å². The summed E-state index contributed by atoms with van der Waals surface area (Å²) in [7, 11) is -3.89. The molecule has 1 saturated heterocycles. The van der Waals surface area contributed by atoms with Gasteiger partial charge in [0.15, 0.2) is 15.6 Å². The minimum absolute atomic E-state index is 0.0357. The lowest BCUT2D eigenvalue weighted by Crippen LogP contribution is -2.25. The molecule has 0 bridgehead atoms. The fraction of sp³-hybridized carbons (Fsp3) is 0.389. The lowest BCUT2D eigenvalue weighted by atomic mass is 10.2. The highest BCUT2D eigenvalue weighted by atomic mass is 35.5. The zero-order chi connectivity index (χ0) is 19.6. The summed E-state index contributed by atoms with van der Waals surface area (Å²) >= 11 is 6.04. The number of ether oxygens (including phenoxy) is 1. The van der Waals surface area contributed by atoms with Crippen LogP contribution in [0.5, 0.6) is 5.75 Å². The number of halogens is 1. The fourth-order valence-corrected chi connectivity index (χ4v) is 5.32. The molecule has 1 aliphatic heterocycles. The Labute approximate surface area is 163 Å². The zero-order valence-corrected chi connectivity index (χ0v) is 16.4. The highest BCUT2D eigenvalue weighted by Gasteiger charge is 2.35. The Hall–Kier alpha value is -2.03. The van der Waals surface area contributed by atoms with Crippen LogP contribution in [0.3, 0.4) is 0 Å². The van der Waals surface area contributed by atoms with Crippen LogP contribution in [-0.4, -0.2) is 38.0 Å². The first-order chi connectivity index (χ1) is 12.8.